The first-order chi connectivity index (χ1) is 25.3. The second kappa shape index (κ2) is 11.0. The molecule has 0 fully saturated rings. The molecular weight excluding hydrogens is 637 g/mol. The molecule has 0 amide bonds. The number of hydrogen-bond acceptors (Lipinski definition) is 2. The third-order valence-electron chi connectivity index (χ3n) is 10.5. The van der Waals surface area contributed by atoms with Crippen LogP contribution in [0.4, 0.5) is 17.1 Å². The van der Waals surface area contributed by atoms with Gasteiger partial charge in [0, 0.05) is 47.7 Å². The van der Waals surface area contributed by atoms with Crippen LogP contribution >= 0.6 is 11.3 Å². The molecule has 0 saturated heterocycles. The van der Waals surface area contributed by atoms with Crippen LogP contribution in [0.15, 0.2) is 182 Å². The van der Waals surface area contributed by atoms with Crippen molar-refractivity contribution in [3.05, 3.63) is 182 Å². The highest BCUT2D eigenvalue weighted by Gasteiger charge is 2.24. The van der Waals surface area contributed by atoms with E-state index in [2.05, 4.69) is 191 Å². The van der Waals surface area contributed by atoms with Gasteiger partial charge < -0.3 is 9.47 Å². The van der Waals surface area contributed by atoms with Crippen molar-refractivity contribution in [1.82, 2.24) is 4.57 Å². The Bertz CT molecular complexity index is 3150. The lowest BCUT2D eigenvalue weighted by atomic mass is 9.94. The minimum absolute atomic E-state index is 1.13. The fraction of sp³-hybridized carbons (Fsp3) is 0. The quantitative estimate of drug-likeness (QED) is 0.170. The Morgan fingerprint density at radius 1 is 0.392 bits per heavy atom. The van der Waals surface area contributed by atoms with Crippen molar-refractivity contribution < 1.29 is 0 Å². The van der Waals surface area contributed by atoms with Crippen molar-refractivity contribution in [2.45, 2.75) is 0 Å². The molecular formula is C48H30N2S. The second-order valence-electron chi connectivity index (χ2n) is 13.3. The summed E-state index contributed by atoms with van der Waals surface area (Å²) < 4.78 is 5.05. The van der Waals surface area contributed by atoms with E-state index in [1.54, 1.807) is 0 Å². The van der Waals surface area contributed by atoms with E-state index in [4.69, 9.17) is 0 Å². The summed E-state index contributed by atoms with van der Waals surface area (Å²) in [6.45, 7) is 0. The fourth-order valence-corrected chi connectivity index (χ4v) is 9.42. The Balaban J connectivity index is 1.31. The maximum absolute atomic E-state index is 2.52. The maximum atomic E-state index is 2.52. The van der Waals surface area contributed by atoms with Crippen LogP contribution in [0.1, 0.15) is 0 Å². The molecule has 2 aromatic heterocycles. The number of anilines is 3. The molecule has 3 heteroatoms. The Morgan fingerprint density at radius 3 is 1.94 bits per heavy atom. The predicted octanol–water partition coefficient (Wildman–Crippen LogP) is 14.1. The van der Waals surface area contributed by atoms with Crippen molar-refractivity contribution in [3.63, 3.8) is 0 Å². The van der Waals surface area contributed by atoms with Gasteiger partial charge >= 0.3 is 0 Å². The molecule has 11 aromatic rings. The van der Waals surface area contributed by atoms with Gasteiger partial charge in [-0.1, -0.05) is 127 Å². The average Bonchev–Trinajstić information content (AvgIpc) is 3.74. The van der Waals surface area contributed by atoms with Gasteiger partial charge in [0.2, 0.25) is 0 Å². The Labute approximate surface area is 298 Å². The molecule has 2 nitrogen and oxygen atoms in total. The Kier molecular flexibility index (Phi) is 6.16. The Morgan fingerprint density at radius 2 is 1.06 bits per heavy atom. The van der Waals surface area contributed by atoms with Crippen molar-refractivity contribution >= 4 is 103 Å². The normalized spacial score (nSPS) is 11.9. The highest BCUT2D eigenvalue weighted by Crippen LogP contribution is 2.48. The molecule has 0 aliphatic heterocycles. The maximum Gasteiger partial charge on any atom is 0.0782 e. The lowest BCUT2D eigenvalue weighted by Crippen LogP contribution is -2.12. The van der Waals surface area contributed by atoms with Crippen LogP contribution in [0.3, 0.4) is 0 Å². The highest BCUT2D eigenvalue weighted by molar-refractivity contribution is 7.25. The molecule has 0 bridgehead atoms. The lowest BCUT2D eigenvalue weighted by Gasteiger charge is -2.29. The summed E-state index contributed by atoms with van der Waals surface area (Å²) in [4.78, 5) is 2.52. The summed E-state index contributed by atoms with van der Waals surface area (Å²) in [7, 11) is 0. The summed E-state index contributed by atoms with van der Waals surface area (Å²) >= 11 is 1.86. The number of hydrogen-bond donors (Lipinski definition) is 0. The van der Waals surface area contributed by atoms with E-state index in [-0.39, 0.29) is 0 Å². The SMILES string of the molecule is c1ccc(-n2c3ccccc3c3cccc(N(c4ccc5sc6ccccc6c5c4)c4cc5ccc6ccccc6c5c5ccccc45)c32)cc1. The second-order valence-corrected chi connectivity index (χ2v) is 14.4. The molecule has 0 unspecified atom stereocenters. The molecule has 2 heterocycles. The van der Waals surface area contributed by atoms with Crippen molar-refractivity contribution in [2.24, 2.45) is 0 Å². The third-order valence-corrected chi connectivity index (χ3v) is 11.7. The standard InChI is InChI=1S/C48H30N2S/c1-2-14-33(15-3-1)50-42-22-10-8-18-37(42)40-21-12-23-43(48(40)50)49(34-27-28-46-41(30-34)38-19-9-11-24-45(38)51-46)44-29-32-26-25-31-13-4-5-16-35(31)47(32)39-20-7-6-17-36(39)44/h1-30H. The van der Waals surface area contributed by atoms with E-state index in [9.17, 15) is 0 Å². The number of nitrogens with zero attached hydrogens (tertiary/aromatic N) is 2. The van der Waals surface area contributed by atoms with Gasteiger partial charge in [-0.15, -0.1) is 11.3 Å². The van der Waals surface area contributed by atoms with Crippen LogP contribution in [0.25, 0.3) is 80.0 Å². The van der Waals surface area contributed by atoms with Crippen LogP contribution in [-0.2, 0) is 0 Å². The fourth-order valence-electron chi connectivity index (χ4n) is 8.33. The van der Waals surface area contributed by atoms with E-state index in [1.807, 2.05) is 11.3 Å². The van der Waals surface area contributed by atoms with Crippen LogP contribution in [0.5, 0.6) is 0 Å². The van der Waals surface area contributed by atoms with Gasteiger partial charge in [-0.2, -0.15) is 0 Å². The third kappa shape index (κ3) is 4.22. The minimum Gasteiger partial charge on any atom is -0.308 e. The molecule has 0 saturated carbocycles. The van der Waals surface area contributed by atoms with Gasteiger partial charge in [-0.25, -0.2) is 0 Å². The first-order valence-corrected chi connectivity index (χ1v) is 18.3. The molecule has 11 rings (SSSR count). The highest BCUT2D eigenvalue weighted by atomic mass is 32.1. The summed E-state index contributed by atoms with van der Waals surface area (Å²) in [6.07, 6.45) is 0. The zero-order valence-electron chi connectivity index (χ0n) is 27.6. The molecule has 0 aliphatic carbocycles. The Hall–Kier alpha value is -6.42. The molecule has 238 valence electrons. The zero-order chi connectivity index (χ0) is 33.5. The zero-order valence-corrected chi connectivity index (χ0v) is 28.4. The van der Waals surface area contributed by atoms with Crippen LogP contribution in [0.2, 0.25) is 0 Å². The summed E-state index contributed by atoms with van der Waals surface area (Å²) in [5.74, 6) is 0. The smallest absolute Gasteiger partial charge is 0.0782 e. The van der Waals surface area contributed by atoms with E-state index in [0.717, 1.165) is 22.7 Å². The topological polar surface area (TPSA) is 8.17 Å². The molecule has 0 aliphatic rings. The number of thiophene rings is 1. The lowest BCUT2D eigenvalue weighted by molar-refractivity contribution is 1.17. The number of aromatic nitrogens is 1. The van der Waals surface area contributed by atoms with Gasteiger partial charge in [0.25, 0.3) is 0 Å². The molecule has 9 aromatic carbocycles. The monoisotopic (exact) mass is 666 g/mol. The number of fused-ring (bicyclic) bond motifs is 11. The van der Waals surface area contributed by atoms with Gasteiger partial charge in [0.1, 0.15) is 0 Å². The molecule has 0 spiro atoms. The minimum atomic E-state index is 1.13. The van der Waals surface area contributed by atoms with Gasteiger partial charge in [0.05, 0.1) is 22.4 Å². The van der Waals surface area contributed by atoms with Crippen LogP contribution in [-0.4, -0.2) is 4.57 Å². The van der Waals surface area contributed by atoms with E-state index < -0.39 is 0 Å². The van der Waals surface area contributed by atoms with Crippen LogP contribution in [0, 0.1) is 0 Å². The van der Waals surface area contributed by atoms with Gasteiger partial charge in [-0.3, -0.25) is 0 Å². The molecule has 0 radical (unpaired) electrons. The van der Waals surface area contributed by atoms with Crippen molar-refractivity contribution in [1.29, 1.82) is 0 Å². The van der Waals surface area contributed by atoms with Crippen molar-refractivity contribution in [3.8, 4) is 5.69 Å². The largest absolute Gasteiger partial charge is 0.308 e. The van der Waals surface area contributed by atoms with E-state index >= 15 is 0 Å². The summed E-state index contributed by atoms with van der Waals surface area (Å²) in [5.41, 5.74) is 6.95. The number of para-hydroxylation sites is 3. The average molecular weight is 667 g/mol. The summed E-state index contributed by atoms with van der Waals surface area (Å²) in [5, 5.41) is 12.6. The first-order valence-electron chi connectivity index (χ1n) is 17.4. The van der Waals surface area contributed by atoms with E-state index in [0.29, 0.717) is 0 Å². The van der Waals surface area contributed by atoms with Crippen molar-refractivity contribution in [2.75, 3.05) is 4.90 Å². The molecule has 0 N–H and O–H groups in total. The molecule has 0 atom stereocenters. The molecule has 51 heavy (non-hydrogen) atoms. The first kappa shape index (κ1) is 28.4. The van der Waals surface area contributed by atoms with E-state index in [1.165, 1.54) is 74.3 Å². The van der Waals surface area contributed by atoms with Gasteiger partial charge in [0.15, 0.2) is 0 Å². The number of rotatable bonds is 4. The predicted molar refractivity (Wildman–Crippen MR) is 221 cm³/mol. The summed E-state index contributed by atoms with van der Waals surface area (Å²) in [6, 6.07) is 66.9. The van der Waals surface area contributed by atoms with Gasteiger partial charge in [-0.05, 0) is 81.5 Å². The van der Waals surface area contributed by atoms with Crippen LogP contribution < -0.4 is 4.90 Å². The number of benzene rings is 9.